The number of nitrogens with zero attached hydrogens (tertiary/aromatic N) is 1. The molecule has 3 heteroatoms. The summed E-state index contributed by atoms with van der Waals surface area (Å²) in [6.45, 7) is 5.36. The Balaban J connectivity index is 2.26. The number of hydrogen-bond acceptors (Lipinski definition) is 3. The van der Waals surface area contributed by atoms with Gasteiger partial charge in [0.25, 0.3) is 0 Å². The summed E-state index contributed by atoms with van der Waals surface area (Å²) in [6, 6.07) is 6.69. The highest BCUT2D eigenvalue weighted by atomic mass is 32.2. The van der Waals surface area contributed by atoms with Crippen molar-refractivity contribution in [3.8, 4) is 0 Å². The summed E-state index contributed by atoms with van der Waals surface area (Å²) < 4.78 is 0. The van der Waals surface area contributed by atoms with Gasteiger partial charge in [-0.2, -0.15) is 11.8 Å². The van der Waals surface area contributed by atoms with E-state index in [1.807, 2.05) is 24.8 Å². The average Bonchev–Trinajstić information content (AvgIpc) is 2.29. The van der Waals surface area contributed by atoms with E-state index in [0.29, 0.717) is 6.04 Å². The van der Waals surface area contributed by atoms with Crippen molar-refractivity contribution in [2.45, 2.75) is 19.9 Å². The van der Waals surface area contributed by atoms with Crippen molar-refractivity contribution in [1.82, 2.24) is 0 Å². The molecule has 0 saturated carbocycles. The summed E-state index contributed by atoms with van der Waals surface area (Å²) in [5.41, 5.74) is 3.11. The maximum absolute atomic E-state index is 10.8. The van der Waals surface area contributed by atoms with Gasteiger partial charge in [-0.25, -0.2) is 0 Å². The predicted octanol–water partition coefficient (Wildman–Crippen LogP) is 2.75. The van der Waals surface area contributed by atoms with Gasteiger partial charge in [-0.05, 0) is 37.6 Å². The number of carbonyl (C=O) groups excluding carboxylic acids is 1. The SMILES string of the molecule is Cc1cc(N2CCSCC2C)ccc1C=O. The maximum atomic E-state index is 10.8. The fraction of sp³-hybridized carbons (Fsp3) is 0.462. The number of aldehydes is 1. The zero-order valence-electron chi connectivity index (χ0n) is 9.77. The molecule has 0 N–H and O–H groups in total. The smallest absolute Gasteiger partial charge is 0.150 e. The van der Waals surface area contributed by atoms with Gasteiger partial charge < -0.3 is 4.90 Å². The van der Waals surface area contributed by atoms with Crippen LogP contribution in [0.15, 0.2) is 18.2 Å². The first kappa shape index (κ1) is 11.5. The highest BCUT2D eigenvalue weighted by molar-refractivity contribution is 7.99. The molecule has 1 aromatic carbocycles. The second kappa shape index (κ2) is 4.91. The van der Waals surface area contributed by atoms with Gasteiger partial charge in [0.05, 0.1) is 0 Å². The van der Waals surface area contributed by atoms with E-state index in [2.05, 4.69) is 24.0 Å². The van der Waals surface area contributed by atoms with Gasteiger partial charge in [-0.15, -0.1) is 0 Å². The lowest BCUT2D eigenvalue weighted by molar-refractivity contribution is 0.112. The zero-order chi connectivity index (χ0) is 11.5. The minimum absolute atomic E-state index is 0.584. The third-order valence-corrected chi connectivity index (χ3v) is 4.27. The van der Waals surface area contributed by atoms with Gasteiger partial charge in [0.1, 0.15) is 6.29 Å². The van der Waals surface area contributed by atoms with Crippen molar-refractivity contribution in [2.75, 3.05) is 23.0 Å². The Hall–Kier alpha value is -0.960. The van der Waals surface area contributed by atoms with E-state index in [4.69, 9.17) is 0 Å². The molecule has 86 valence electrons. The fourth-order valence-corrected chi connectivity index (χ4v) is 3.09. The third kappa shape index (κ3) is 2.24. The highest BCUT2D eigenvalue weighted by Gasteiger charge is 2.19. The molecule has 1 atom stereocenters. The van der Waals surface area contributed by atoms with Gasteiger partial charge in [0, 0.05) is 35.3 Å². The summed E-state index contributed by atoms with van der Waals surface area (Å²) in [5.74, 6) is 2.38. The Morgan fingerprint density at radius 2 is 2.31 bits per heavy atom. The number of benzene rings is 1. The van der Waals surface area contributed by atoms with E-state index in [-0.39, 0.29) is 0 Å². The molecule has 1 aliphatic heterocycles. The van der Waals surface area contributed by atoms with Crippen LogP contribution in [0.1, 0.15) is 22.8 Å². The highest BCUT2D eigenvalue weighted by Crippen LogP contribution is 2.25. The molecule has 16 heavy (non-hydrogen) atoms. The normalized spacial score (nSPS) is 20.9. The third-order valence-electron chi connectivity index (χ3n) is 3.08. The molecular formula is C13H17NOS. The Kier molecular flexibility index (Phi) is 3.54. The van der Waals surface area contributed by atoms with Gasteiger partial charge in [0.15, 0.2) is 0 Å². The van der Waals surface area contributed by atoms with E-state index in [0.717, 1.165) is 24.0 Å². The summed E-state index contributed by atoms with van der Waals surface area (Å²) in [4.78, 5) is 13.2. The lowest BCUT2D eigenvalue weighted by atomic mass is 10.1. The van der Waals surface area contributed by atoms with Crippen LogP contribution < -0.4 is 4.90 Å². The number of anilines is 1. The van der Waals surface area contributed by atoms with Gasteiger partial charge in [0.2, 0.25) is 0 Å². The van der Waals surface area contributed by atoms with Crippen LogP contribution in [0.5, 0.6) is 0 Å². The minimum atomic E-state index is 0.584. The van der Waals surface area contributed by atoms with Gasteiger partial charge in [-0.3, -0.25) is 4.79 Å². The van der Waals surface area contributed by atoms with Crippen molar-refractivity contribution < 1.29 is 4.79 Å². The van der Waals surface area contributed by atoms with Crippen LogP contribution in [0, 0.1) is 6.92 Å². The number of hydrogen-bond donors (Lipinski definition) is 0. The number of thioether (sulfide) groups is 1. The number of aryl methyl sites for hydroxylation is 1. The Labute approximate surface area is 101 Å². The molecule has 0 amide bonds. The molecule has 0 aromatic heterocycles. The molecule has 1 heterocycles. The van der Waals surface area contributed by atoms with Crippen LogP contribution in [0.2, 0.25) is 0 Å². The quantitative estimate of drug-likeness (QED) is 0.735. The molecule has 2 rings (SSSR count). The maximum Gasteiger partial charge on any atom is 0.150 e. The van der Waals surface area contributed by atoms with Crippen LogP contribution in [-0.4, -0.2) is 30.4 Å². The minimum Gasteiger partial charge on any atom is -0.367 e. The van der Waals surface area contributed by atoms with Crippen LogP contribution in [-0.2, 0) is 0 Å². The summed E-state index contributed by atoms with van der Waals surface area (Å²) in [5, 5.41) is 0. The molecule has 0 radical (unpaired) electrons. The topological polar surface area (TPSA) is 20.3 Å². The summed E-state index contributed by atoms with van der Waals surface area (Å²) in [7, 11) is 0. The van der Waals surface area contributed by atoms with Crippen LogP contribution in [0.3, 0.4) is 0 Å². The zero-order valence-corrected chi connectivity index (χ0v) is 10.6. The molecule has 1 aliphatic rings. The molecule has 1 unspecified atom stereocenters. The monoisotopic (exact) mass is 235 g/mol. The first-order valence-corrected chi connectivity index (χ1v) is 6.78. The molecule has 1 fully saturated rings. The van der Waals surface area contributed by atoms with E-state index >= 15 is 0 Å². The predicted molar refractivity (Wildman–Crippen MR) is 70.7 cm³/mol. The number of carbonyl (C=O) groups is 1. The molecule has 2 nitrogen and oxygen atoms in total. The van der Waals surface area contributed by atoms with E-state index in [1.165, 1.54) is 17.2 Å². The molecule has 1 aromatic rings. The van der Waals surface area contributed by atoms with Gasteiger partial charge >= 0.3 is 0 Å². The second-order valence-corrected chi connectivity index (χ2v) is 5.43. The van der Waals surface area contributed by atoms with Crippen molar-refractivity contribution >= 4 is 23.7 Å². The second-order valence-electron chi connectivity index (χ2n) is 4.28. The lowest BCUT2D eigenvalue weighted by Crippen LogP contribution is -2.40. The van der Waals surface area contributed by atoms with Crippen molar-refractivity contribution in [3.63, 3.8) is 0 Å². The first-order valence-electron chi connectivity index (χ1n) is 5.62. The van der Waals surface area contributed by atoms with Crippen LogP contribution in [0.25, 0.3) is 0 Å². The average molecular weight is 235 g/mol. The molecule has 0 spiro atoms. The Morgan fingerprint density at radius 3 is 2.94 bits per heavy atom. The standard InChI is InChI=1S/C13H17NOS/c1-10-7-13(4-3-12(10)8-15)14-5-6-16-9-11(14)2/h3-4,7-8,11H,5-6,9H2,1-2H3. The van der Waals surface area contributed by atoms with Crippen molar-refractivity contribution in [2.24, 2.45) is 0 Å². The number of rotatable bonds is 2. The Bertz CT molecular complexity index is 392. The van der Waals surface area contributed by atoms with E-state index < -0.39 is 0 Å². The fourth-order valence-electron chi connectivity index (χ4n) is 2.08. The molecule has 0 aliphatic carbocycles. The van der Waals surface area contributed by atoms with Crippen molar-refractivity contribution in [1.29, 1.82) is 0 Å². The van der Waals surface area contributed by atoms with Crippen LogP contribution >= 0.6 is 11.8 Å². The van der Waals surface area contributed by atoms with Crippen LogP contribution in [0.4, 0.5) is 5.69 Å². The molecule has 1 saturated heterocycles. The Morgan fingerprint density at radius 1 is 1.50 bits per heavy atom. The molecular weight excluding hydrogens is 218 g/mol. The lowest BCUT2D eigenvalue weighted by Gasteiger charge is -2.35. The summed E-state index contributed by atoms with van der Waals surface area (Å²) >= 11 is 2.02. The largest absolute Gasteiger partial charge is 0.367 e. The van der Waals surface area contributed by atoms with E-state index in [9.17, 15) is 4.79 Å². The molecule has 0 bridgehead atoms. The van der Waals surface area contributed by atoms with Gasteiger partial charge in [-0.1, -0.05) is 0 Å². The first-order chi connectivity index (χ1) is 7.72. The summed E-state index contributed by atoms with van der Waals surface area (Å²) in [6.07, 6.45) is 0.925. The van der Waals surface area contributed by atoms with E-state index in [1.54, 1.807) is 0 Å². The van der Waals surface area contributed by atoms with Crippen molar-refractivity contribution in [3.05, 3.63) is 29.3 Å².